The van der Waals surface area contributed by atoms with Gasteiger partial charge >= 0.3 is 0 Å². The van der Waals surface area contributed by atoms with Crippen molar-refractivity contribution in [1.82, 2.24) is 25.1 Å². The number of rotatable bonds is 13. The minimum Gasteiger partial charge on any atom is -0.364 e. The molecule has 1 fully saturated rings. The first kappa shape index (κ1) is 29.8. The molecule has 10 heteroatoms. The zero-order chi connectivity index (χ0) is 28.5. The topological polar surface area (TPSA) is 134 Å². The summed E-state index contributed by atoms with van der Waals surface area (Å²) in [6, 6.07) is 7.70. The van der Waals surface area contributed by atoms with Gasteiger partial charge in [-0.2, -0.15) is 0 Å². The van der Waals surface area contributed by atoms with Crippen LogP contribution in [-0.2, 0) is 16.0 Å². The molecule has 0 bridgehead atoms. The van der Waals surface area contributed by atoms with Crippen molar-refractivity contribution >= 4 is 29.2 Å². The van der Waals surface area contributed by atoms with Gasteiger partial charge in [-0.15, -0.1) is 0 Å². The van der Waals surface area contributed by atoms with Gasteiger partial charge in [-0.3, -0.25) is 19.3 Å². The third kappa shape index (κ3) is 8.35. The summed E-state index contributed by atoms with van der Waals surface area (Å²) in [7, 11) is 1.62. The van der Waals surface area contributed by atoms with Gasteiger partial charge in [0.15, 0.2) is 11.5 Å². The highest BCUT2D eigenvalue weighted by Crippen LogP contribution is 2.26. The number of nitrogens with zero attached hydrogens (tertiary/aromatic N) is 4. The number of benzene rings is 1. The van der Waals surface area contributed by atoms with Crippen molar-refractivity contribution in [2.75, 3.05) is 45.1 Å². The number of amides is 3. The number of likely N-dealkylation sites (N-methyl/N-ethyl adjacent to an activating group) is 1. The lowest BCUT2D eigenvalue weighted by atomic mass is 10.0. The van der Waals surface area contributed by atoms with Gasteiger partial charge in [0.05, 0.1) is 17.9 Å². The number of aromatic nitrogens is 2. The lowest BCUT2D eigenvalue weighted by molar-refractivity contribution is -0.131. The quantitative estimate of drug-likeness (QED) is 0.336. The van der Waals surface area contributed by atoms with Crippen LogP contribution in [0, 0.1) is 0 Å². The second-order valence-electron chi connectivity index (χ2n) is 10.3. The molecule has 210 valence electrons. The monoisotopic (exact) mass is 535 g/mol. The Morgan fingerprint density at radius 1 is 1.18 bits per heavy atom. The van der Waals surface area contributed by atoms with Crippen LogP contribution in [0.1, 0.15) is 73.4 Å². The van der Waals surface area contributed by atoms with Crippen molar-refractivity contribution in [2.24, 2.45) is 5.73 Å². The SMILES string of the molecule is CCc1nc(C(N)=O)c(Nc2cccc(C(C)CNC(=O)CN(C)C(=O)C=CCN3CCC3)c2)nc1C(C)C. The molecule has 2 heterocycles. The fraction of sp³-hybridized carbons (Fsp3) is 0.483. The van der Waals surface area contributed by atoms with Crippen LogP contribution in [0.3, 0.4) is 0 Å². The third-order valence-electron chi connectivity index (χ3n) is 6.77. The highest BCUT2D eigenvalue weighted by molar-refractivity contribution is 5.96. The fourth-order valence-electron chi connectivity index (χ4n) is 4.25. The minimum atomic E-state index is -0.641. The average Bonchev–Trinajstić information content (AvgIpc) is 2.88. The Morgan fingerprint density at radius 3 is 2.54 bits per heavy atom. The van der Waals surface area contributed by atoms with Gasteiger partial charge in [0.1, 0.15) is 0 Å². The maximum atomic E-state index is 12.5. The highest BCUT2D eigenvalue weighted by Gasteiger charge is 2.19. The van der Waals surface area contributed by atoms with Gasteiger partial charge in [0.2, 0.25) is 11.8 Å². The summed E-state index contributed by atoms with van der Waals surface area (Å²) in [6.07, 6.45) is 5.23. The molecule has 1 aliphatic rings. The van der Waals surface area contributed by atoms with E-state index in [0.717, 1.165) is 42.3 Å². The third-order valence-corrected chi connectivity index (χ3v) is 6.77. The van der Waals surface area contributed by atoms with E-state index in [0.29, 0.717) is 18.8 Å². The van der Waals surface area contributed by atoms with E-state index in [1.54, 1.807) is 7.05 Å². The van der Waals surface area contributed by atoms with Gasteiger partial charge in [-0.1, -0.05) is 45.9 Å². The fourth-order valence-corrected chi connectivity index (χ4v) is 4.25. The molecule has 3 rings (SSSR count). The van der Waals surface area contributed by atoms with Crippen LogP contribution in [0.5, 0.6) is 0 Å². The normalized spacial score (nSPS) is 14.2. The van der Waals surface area contributed by atoms with Crippen LogP contribution in [0.25, 0.3) is 0 Å². The van der Waals surface area contributed by atoms with Gasteiger partial charge in [0, 0.05) is 31.9 Å². The Bertz CT molecular complexity index is 1210. The standard InChI is InChI=1S/C29H41N7O3/c1-6-23-26(19(2)3)34-29(27(33-23)28(30)39)32-22-11-7-10-21(16-22)20(4)17-31-24(37)18-35(5)25(38)12-8-13-36-14-9-15-36/h7-8,10-12,16,19-20H,6,9,13-15,17-18H2,1-5H3,(H2,30,39)(H,31,37)(H,32,34). The molecular formula is C29H41N7O3. The number of carbonyl (C=O) groups excluding carboxylic acids is 3. The maximum Gasteiger partial charge on any atom is 0.271 e. The van der Waals surface area contributed by atoms with Crippen LogP contribution in [0.4, 0.5) is 11.5 Å². The summed E-state index contributed by atoms with van der Waals surface area (Å²) in [5.41, 5.74) is 9.03. The van der Waals surface area contributed by atoms with Crippen molar-refractivity contribution in [3.05, 3.63) is 59.1 Å². The Labute approximate surface area is 231 Å². The molecule has 0 radical (unpaired) electrons. The van der Waals surface area contributed by atoms with Crippen molar-refractivity contribution < 1.29 is 14.4 Å². The van der Waals surface area contributed by atoms with E-state index in [1.807, 2.05) is 58.0 Å². The number of anilines is 2. The van der Waals surface area contributed by atoms with Crippen LogP contribution in [0.2, 0.25) is 0 Å². The summed E-state index contributed by atoms with van der Waals surface area (Å²) in [5.74, 6) is -0.584. The molecule has 10 nitrogen and oxygen atoms in total. The van der Waals surface area contributed by atoms with Gasteiger partial charge in [-0.05, 0) is 55.5 Å². The predicted octanol–water partition coefficient (Wildman–Crippen LogP) is 2.94. The first-order chi connectivity index (χ1) is 18.6. The molecule has 3 amide bonds. The number of primary amides is 1. The van der Waals surface area contributed by atoms with Crippen molar-refractivity contribution in [3.63, 3.8) is 0 Å². The molecule has 4 N–H and O–H groups in total. The number of nitrogens with two attached hydrogens (primary N) is 1. The highest BCUT2D eigenvalue weighted by atomic mass is 16.2. The molecule has 1 aromatic carbocycles. The second-order valence-corrected chi connectivity index (χ2v) is 10.3. The number of nitrogens with one attached hydrogen (secondary N) is 2. The lowest BCUT2D eigenvalue weighted by Gasteiger charge is -2.29. The van der Waals surface area contributed by atoms with Crippen LogP contribution < -0.4 is 16.4 Å². The largest absolute Gasteiger partial charge is 0.364 e. The minimum absolute atomic E-state index is 0.00326. The zero-order valence-electron chi connectivity index (χ0n) is 23.7. The number of aryl methyl sites for hydroxylation is 1. The molecule has 2 aromatic rings. The Hall–Kier alpha value is -3.79. The van der Waals surface area contributed by atoms with Gasteiger partial charge in [0.25, 0.3) is 5.91 Å². The molecule has 1 unspecified atom stereocenters. The molecule has 1 aliphatic heterocycles. The molecule has 1 aromatic heterocycles. The summed E-state index contributed by atoms with van der Waals surface area (Å²) in [5, 5.41) is 6.13. The Balaban J connectivity index is 1.59. The van der Waals surface area contributed by atoms with Crippen molar-refractivity contribution in [3.8, 4) is 0 Å². The summed E-state index contributed by atoms with van der Waals surface area (Å²) >= 11 is 0. The van der Waals surface area contributed by atoms with E-state index < -0.39 is 5.91 Å². The molecule has 1 saturated heterocycles. The first-order valence-corrected chi connectivity index (χ1v) is 13.6. The van der Waals surface area contributed by atoms with Crippen LogP contribution >= 0.6 is 0 Å². The van der Waals surface area contributed by atoms with E-state index in [4.69, 9.17) is 10.7 Å². The van der Waals surface area contributed by atoms with Gasteiger partial charge < -0.3 is 21.3 Å². The second kappa shape index (κ2) is 13.8. The number of hydrogen-bond donors (Lipinski definition) is 3. The van der Waals surface area contributed by atoms with Crippen LogP contribution in [-0.4, -0.2) is 77.3 Å². The van der Waals surface area contributed by atoms with Crippen molar-refractivity contribution in [2.45, 2.75) is 52.4 Å². The molecule has 39 heavy (non-hydrogen) atoms. The smallest absolute Gasteiger partial charge is 0.271 e. The van der Waals surface area contributed by atoms with Crippen molar-refractivity contribution in [1.29, 1.82) is 0 Å². The molecular weight excluding hydrogens is 494 g/mol. The first-order valence-electron chi connectivity index (χ1n) is 13.6. The van der Waals surface area contributed by atoms with Gasteiger partial charge in [-0.25, -0.2) is 9.97 Å². The summed E-state index contributed by atoms with van der Waals surface area (Å²) in [6.45, 7) is 11.3. The summed E-state index contributed by atoms with van der Waals surface area (Å²) in [4.78, 5) is 49.7. The van der Waals surface area contributed by atoms with E-state index in [1.165, 1.54) is 17.4 Å². The number of likely N-dealkylation sites (tertiary alicyclic amines) is 1. The lowest BCUT2D eigenvalue weighted by Crippen LogP contribution is -2.39. The predicted molar refractivity (Wildman–Crippen MR) is 153 cm³/mol. The van der Waals surface area contributed by atoms with E-state index in [9.17, 15) is 14.4 Å². The molecule has 0 spiro atoms. The summed E-state index contributed by atoms with van der Waals surface area (Å²) < 4.78 is 0. The Kier molecular flexibility index (Phi) is 10.6. The molecule has 1 atom stereocenters. The van der Waals surface area contributed by atoms with E-state index in [-0.39, 0.29) is 35.9 Å². The maximum absolute atomic E-state index is 12.5. The number of carbonyl (C=O) groups is 3. The van der Waals surface area contributed by atoms with Crippen LogP contribution in [0.15, 0.2) is 36.4 Å². The number of hydrogen-bond acceptors (Lipinski definition) is 7. The average molecular weight is 536 g/mol. The van der Waals surface area contributed by atoms with E-state index >= 15 is 0 Å². The molecule has 0 saturated carbocycles. The van der Waals surface area contributed by atoms with E-state index in [2.05, 4.69) is 20.5 Å². The Morgan fingerprint density at radius 2 is 1.92 bits per heavy atom. The molecule has 0 aliphatic carbocycles. The zero-order valence-corrected chi connectivity index (χ0v) is 23.7.